The lowest BCUT2D eigenvalue weighted by atomic mass is 10.2. The minimum atomic E-state index is -0.399. The maximum atomic E-state index is 13.0. The van der Waals surface area contributed by atoms with Crippen LogP contribution in [0.2, 0.25) is 0 Å². The topological polar surface area (TPSA) is 71.1 Å². The maximum absolute atomic E-state index is 13.0. The Morgan fingerprint density at radius 1 is 0.962 bits per heavy atom. The summed E-state index contributed by atoms with van der Waals surface area (Å²) >= 11 is 2.63. The van der Waals surface area contributed by atoms with E-state index in [1.165, 1.54) is 41.0 Å². The summed E-state index contributed by atoms with van der Waals surface area (Å²) in [6.45, 7) is 0. The van der Waals surface area contributed by atoms with Gasteiger partial charge in [0.15, 0.2) is 0 Å². The smallest absolute Gasteiger partial charge is 0.266 e. The predicted octanol–water partition coefficient (Wildman–Crippen LogP) is 3.96. The van der Waals surface area contributed by atoms with Crippen molar-refractivity contribution in [3.8, 4) is 10.4 Å². The third-order valence-electron chi connectivity index (χ3n) is 3.92. The summed E-state index contributed by atoms with van der Waals surface area (Å²) < 4.78 is 13.0. The second-order valence-corrected chi connectivity index (χ2v) is 8.06. The van der Waals surface area contributed by atoms with E-state index in [-0.39, 0.29) is 11.7 Å². The average Bonchev–Trinajstić information content (AvgIpc) is 3.18. The predicted molar refractivity (Wildman–Crippen MR) is 98.7 cm³/mol. The van der Waals surface area contributed by atoms with Gasteiger partial charge in [-0.3, -0.25) is 20.4 Å². The van der Waals surface area contributed by atoms with Gasteiger partial charge in [-0.15, -0.1) is 22.7 Å². The van der Waals surface area contributed by atoms with Gasteiger partial charge in [-0.25, -0.2) is 9.37 Å². The van der Waals surface area contributed by atoms with Crippen LogP contribution in [0.1, 0.15) is 43.1 Å². The molecule has 1 aliphatic carbocycles. The van der Waals surface area contributed by atoms with E-state index in [9.17, 15) is 14.0 Å². The number of hydrogen-bond acceptors (Lipinski definition) is 5. The van der Waals surface area contributed by atoms with Crippen molar-refractivity contribution in [3.05, 3.63) is 63.2 Å². The minimum absolute atomic E-state index is 0.307. The molecule has 0 bridgehead atoms. The zero-order valence-corrected chi connectivity index (χ0v) is 15.1. The first-order valence-electron chi connectivity index (χ1n) is 8.02. The van der Waals surface area contributed by atoms with E-state index < -0.39 is 5.91 Å². The molecule has 2 N–H and O–H groups in total. The van der Waals surface area contributed by atoms with Crippen molar-refractivity contribution < 1.29 is 14.0 Å². The Balaban J connectivity index is 1.37. The highest BCUT2D eigenvalue weighted by Crippen LogP contribution is 2.41. The van der Waals surface area contributed by atoms with Crippen LogP contribution in [0.3, 0.4) is 0 Å². The number of thiophene rings is 1. The molecule has 2 heterocycles. The Morgan fingerprint density at radius 3 is 2.35 bits per heavy atom. The number of hydrazine groups is 1. The van der Waals surface area contributed by atoms with Gasteiger partial charge in [-0.1, -0.05) is 12.1 Å². The third kappa shape index (κ3) is 3.66. The average molecular weight is 387 g/mol. The Morgan fingerprint density at radius 2 is 1.65 bits per heavy atom. The molecule has 4 rings (SSSR count). The summed E-state index contributed by atoms with van der Waals surface area (Å²) in [5.74, 6) is -0.590. The molecule has 8 heteroatoms. The Bertz CT molecular complexity index is 961. The molecule has 0 spiro atoms. The number of carbonyl (C=O) groups is 2. The van der Waals surface area contributed by atoms with Gasteiger partial charge in [0.05, 0.1) is 16.1 Å². The van der Waals surface area contributed by atoms with Crippen molar-refractivity contribution in [2.45, 2.75) is 18.8 Å². The number of halogens is 1. The second kappa shape index (κ2) is 6.97. The molecule has 0 aliphatic heterocycles. The lowest BCUT2D eigenvalue weighted by molar-refractivity contribution is 0.0851. The molecule has 0 saturated heterocycles. The van der Waals surface area contributed by atoms with Gasteiger partial charge in [-0.05, 0) is 42.7 Å². The molecule has 1 aromatic carbocycles. The summed E-state index contributed by atoms with van der Waals surface area (Å²) in [6.07, 6.45) is 3.79. The second-order valence-electron chi connectivity index (χ2n) is 5.92. The van der Waals surface area contributed by atoms with Crippen LogP contribution in [0.25, 0.3) is 10.4 Å². The van der Waals surface area contributed by atoms with E-state index in [1.54, 1.807) is 24.3 Å². The number of benzene rings is 1. The first kappa shape index (κ1) is 16.9. The molecule has 5 nitrogen and oxygen atoms in total. The molecule has 1 saturated carbocycles. The number of rotatable bonds is 4. The summed E-state index contributed by atoms with van der Waals surface area (Å²) in [5, 5.41) is 0.976. The zero-order chi connectivity index (χ0) is 18.1. The number of nitrogens with one attached hydrogen (secondary N) is 2. The van der Waals surface area contributed by atoms with Crippen molar-refractivity contribution in [1.82, 2.24) is 15.8 Å². The summed E-state index contributed by atoms with van der Waals surface area (Å²) in [5.41, 5.74) is 5.66. The molecular formula is C18H14FN3O2S2. The summed E-state index contributed by atoms with van der Waals surface area (Å²) in [7, 11) is 0. The molecule has 2 amide bonds. The molecule has 132 valence electrons. The van der Waals surface area contributed by atoms with E-state index in [0.717, 1.165) is 28.3 Å². The first-order valence-corrected chi connectivity index (χ1v) is 9.65. The van der Waals surface area contributed by atoms with Gasteiger partial charge in [0.2, 0.25) is 0 Å². The number of nitrogens with zero attached hydrogens (tertiary/aromatic N) is 1. The van der Waals surface area contributed by atoms with Crippen LogP contribution in [0, 0.1) is 5.82 Å². The number of amides is 2. The Hall–Kier alpha value is -2.58. The monoisotopic (exact) mass is 387 g/mol. The lowest BCUT2D eigenvalue weighted by Crippen LogP contribution is -2.41. The van der Waals surface area contributed by atoms with Crippen LogP contribution < -0.4 is 10.9 Å². The van der Waals surface area contributed by atoms with E-state index in [4.69, 9.17) is 0 Å². The fourth-order valence-electron chi connectivity index (χ4n) is 2.38. The van der Waals surface area contributed by atoms with E-state index in [2.05, 4.69) is 15.8 Å². The number of thiazole rings is 1. The molecule has 0 radical (unpaired) electrons. The van der Waals surface area contributed by atoms with Crippen molar-refractivity contribution in [2.75, 3.05) is 0 Å². The van der Waals surface area contributed by atoms with Gasteiger partial charge in [0.25, 0.3) is 11.8 Å². The number of aromatic nitrogens is 1. The molecule has 2 aromatic heterocycles. The minimum Gasteiger partial charge on any atom is -0.266 e. The summed E-state index contributed by atoms with van der Waals surface area (Å²) in [6, 6.07) is 9.53. The van der Waals surface area contributed by atoms with Crippen LogP contribution in [0.4, 0.5) is 4.39 Å². The number of hydrogen-bond donors (Lipinski definition) is 2. The summed E-state index contributed by atoms with van der Waals surface area (Å²) in [4.78, 5) is 30.3. The van der Waals surface area contributed by atoms with E-state index >= 15 is 0 Å². The van der Waals surface area contributed by atoms with Crippen LogP contribution in [0.15, 0.2) is 42.6 Å². The normalized spacial score (nSPS) is 13.4. The molecule has 1 aliphatic rings. The fraction of sp³-hybridized carbons (Fsp3) is 0.167. The van der Waals surface area contributed by atoms with Crippen molar-refractivity contribution in [1.29, 1.82) is 0 Å². The van der Waals surface area contributed by atoms with E-state index in [0.29, 0.717) is 15.7 Å². The quantitative estimate of drug-likeness (QED) is 0.666. The van der Waals surface area contributed by atoms with Crippen LogP contribution in [-0.2, 0) is 0 Å². The Kier molecular flexibility index (Phi) is 4.52. The third-order valence-corrected chi connectivity index (χ3v) is 6.21. The van der Waals surface area contributed by atoms with E-state index in [1.807, 2.05) is 0 Å². The molecule has 0 atom stereocenters. The molecular weight excluding hydrogens is 373 g/mol. The SMILES string of the molecule is O=C(NNC(=O)c1cnc(C2CC2)s1)c1ccc(-c2ccc(F)cc2)s1. The number of carbonyl (C=O) groups excluding carboxylic acids is 2. The van der Waals surface area contributed by atoms with Crippen molar-refractivity contribution in [3.63, 3.8) is 0 Å². The van der Waals surface area contributed by atoms with Gasteiger partial charge in [0.1, 0.15) is 10.7 Å². The first-order chi connectivity index (χ1) is 12.6. The van der Waals surface area contributed by atoms with Crippen LogP contribution in [-0.4, -0.2) is 16.8 Å². The van der Waals surface area contributed by atoms with Crippen LogP contribution in [0.5, 0.6) is 0 Å². The lowest BCUT2D eigenvalue weighted by Gasteiger charge is -2.04. The molecule has 0 unspecified atom stereocenters. The van der Waals surface area contributed by atoms with Crippen LogP contribution >= 0.6 is 22.7 Å². The van der Waals surface area contributed by atoms with Crippen molar-refractivity contribution in [2.24, 2.45) is 0 Å². The highest BCUT2D eigenvalue weighted by Gasteiger charge is 2.27. The highest BCUT2D eigenvalue weighted by atomic mass is 32.1. The van der Waals surface area contributed by atoms with Gasteiger partial charge < -0.3 is 0 Å². The van der Waals surface area contributed by atoms with Gasteiger partial charge in [0, 0.05) is 10.8 Å². The van der Waals surface area contributed by atoms with Gasteiger partial charge in [-0.2, -0.15) is 0 Å². The maximum Gasteiger partial charge on any atom is 0.281 e. The molecule has 26 heavy (non-hydrogen) atoms. The fourth-order valence-corrected chi connectivity index (χ4v) is 4.27. The van der Waals surface area contributed by atoms with Crippen molar-refractivity contribution >= 4 is 34.5 Å². The molecule has 3 aromatic rings. The Labute approximate surface area is 156 Å². The standard InChI is InChI=1S/C18H14FN3O2S2/c19-12-5-3-10(4-6-12)13-7-8-14(25-13)16(23)21-22-17(24)15-9-20-18(26-15)11-1-2-11/h3-9,11H,1-2H2,(H,21,23)(H,22,24). The highest BCUT2D eigenvalue weighted by molar-refractivity contribution is 7.17. The van der Waals surface area contributed by atoms with Gasteiger partial charge >= 0.3 is 0 Å². The zero-order valence-electron chi connectivity index (χ0n) is 13.5. The largest absolute Gasteiger partial charge is 0.281 e. The molecule has 1 fully saturated rings.